The number of nitrogens with zero attached hydrogens (tertiary/aromatic N) is 4. The molecule has 0 radical (unpaired) electrons. The highest BCUT2D eigenvalue weighted by Gasteiger charge is 2.24. The predicted octanol–water partition coefficient (Wildman–Crippen LogP) is 1.23. The van der Waals surface area contributed by atoms with Crippen molar-refractivity contribution in [3.8, 4) is 0 Å². The molecule has 3 rings (SSSR count). The molecular weight excluding hydrogens is 356 g/mol. The number of halogens is 1. The van der Waals surface area contributed by atoms with Gasteiger partial charge in [-0.3, -0.25) is 9.59 Å². The Morgan fingerprint density at radius 1 is 1.12 bits per heavy atom. The first-order valence-corrected chi connectivity index (χ1v) is 8.50. The number of piperazine rings is 1. The molecule has 1 aromatic heterocycles. The lowest BCUT2D eigenvalue weighted by molar-refractivity contribution is 0.0996. The van der Waals surface area contributed by atoms with Gasteiger partial charge in [0.05, 0.1) is 0 Å². The third-order valence-electron chi connectivity index (χ3n) is 4.14. The van der Waals surface area contributed by atoms with Crippen LogP contribution in [-0.2, 0) is 0 Å². The zero-order valence-corrected chi connectivity index (χ0v) is 15.0. The second-order valence-electron chi connectivity index (χ2n) is 6.01. The van der Waals surface area contributed by atoms with Crippen molar-refractivity contribution in [2.75, 3.05) is 43.4 Å². The smallest absolute Gasteiger partial charge is 0.271 e. The van der Waals surface area contributed by atoms with Gasteiger partial charge in [0.15, 0.2) is 22.5 Å². The Kier molecular flexibility index (Phi) is 5.34. The minimum atomic E-state index is -0.812. The minimum Gasteiger partial charge on any atom is -0.364 e. The van der Waals surface area contributed by atoms with Crippen molar-refractivity contribution in [2.24, 2.45) is 5.73 Å². The Labute approximate surface area is 156 Å². The number of aromatic nitrogens is 2. The van der Waals surface area contributed by atoms with Crippen molar-refractivity contribution in [2.45, 2.75) is 0 Å². The first-order chi connectivity index (χ1) is 12.5. The molecule has 1 aromatic carbocycles. The molecule has 0 aliphatic carbocycles. The van der Waals surface area contributed by atoms with Crippen molar-refractivity contribution in [3.05, 3.63) is 46.7 Å². The van der Waals surface area contributed by atoms with Crippen LogP contribution < -0.4 is 16.0 Å². The molecule has 1 aliphatic rings. The number of rotatable bonds is 4. The molecule has 2 aromatic rings. The summed E-state index contributed by atoms with van der Waals surface area (Å²) in [5.41, 5.74) is 5.63. The third kappa shape index (κ3) is 3.92. The van der Waals surface area contributed by atoms with Crippen molar-refractivity contribution >= 4 is 35.1 Å². The van der Waals surface area contributed by atoms with E-state index in [9.17, 15) is 9.59 Å². The molecule has 136 valence electrons. The molecule has 26 heavy (non-hydrogen) atoms. The first-order valence-electron chi connectivity index (χ1n) is 8.13. The summed E-state index contributed by atoms with van der Waals surface area (Å²) in [5.74, 6) is -0.792. The lowest BCUT2D eigenvalue weighted by atomic mass is 10.2. The Hall–Kier alpha value is -2.71. The number of carbonyl (C=O) groups excluding carboxylic acids is 2. The molecule has 2 amide bonds. The lowest BCUT2D eigenvalue weighted by Crippen LogP contribution is -2.45. The molecule has 2 heterocycles. The standard InChI is InChI=1S/C17H19ClN6O2/c1-23-7-9-24(10-8-23)16-13(18)20-12(14(19)25)15(21-16)22-17(26)11-5-3-2-4-6-11/h2-6H,7-10H2,1H3,(H2,19,25)(H,21,22,26). The Balaban J connectivity index is 1.93. The normalized spacial score (nSPS) is 14.9. The molecule has 1 aliphatic heterocycles. The molecule has 1 fully saturated rings. The lowest BCUT2D eigenvalue weighted by Gasteiger charge is -2.33. The van der Waals surface area contributed by atoms with E-state index in [0.29, 0.717) is 24.5 Å². The summed E-state index contributed by atoms with van der Waals surface area (Å²) in [4.78, 5) is 36.8. The monoisotopic (exact) mass is 374 g/mol. The highest BCUT2D eigenvalue weighted by Crippen LogP contribution is 2.26. The van der Waals surface area contributed by atoms with Gasteiger partial charge in [-0.25, -0.2) is 9.97 Å². The molecule has 0 unspecified atom stereocenters. The Morgan fingerprint density at radius 3 is 2.38 bits per heavy atom. The number of nitrogens with one attached hydrogen (secondary N) is 1. The summed E-state index contributed by atoms with van der Waals surface area (Å²) in [6, 6.07) is 8.60. The summed E-state index contributed by atoms with van der Waals surface area (Å²) in [7, 11) is 2.03. The minimum absolute atomic E-state index is 0.00433. The van der Waals surface area contributed by atoms with Gasteiger partial charge in [0.1, 0.15) is 0 Å². The highest BCUT2D eigenvalue weighted by molar-refractivity contribution is 6.32. The van der Waals surface area contributed by atoms with Gasteiger partial charge in [0.25, 0.3) is 11.8 Å². The number of amides is 2. The molecule has 3 N–H and O–H groups in total. The van der Waals surface area contributed by atoms with Crippen molar-refractivity contribution in [1.82, 2.24) is 14.9 Å². The van der Waals surface area contributed by atoms with E-state index in [0.717, 1.165) is 13.1 Å². The number of anilines is 2. The summed E-state index contributed by atoms with van der Waals surface area (Å²) in [6.45, 7) is 3.13. The number of hydrogen-bond acceptors (Lipinski definition) is 6. The molecule has 0 bridgehead atoms. The molecule has 8 nitrogen and oxygen atoms in total. The second-order valence-corrected chi connectivity index (χ2v) is 6.37. The van der Waals surface area contributed by atoms with E-state index < -0.39 is 11.8 Å². The maximum absolute atomic E-state index is 12.4. The van der Waals surface area contributed by atoms with Crippen LogP contribution in [0.25, 0.3) is 0 Å². The van der Waals surface area contributed by atoms with Gasteiger partial charge in [-0.15, -0.1) is 0 Å². The average Bonchev–Trinajstić information content (AvgIpc) is 2.64. The number of benzene rings is 1. The van der Waals surface area contributed by atoms with Gasteiger partial charge >= 0.3 is 0 Å². The zero-order valence-electron chi connectivity index (χ0n) is 14.3. The second kappa shape index (κ2) is 7.67. The zero-order chi connectivity index (χ0) is 18.7. The largest absolute Gasteiger partial charge is 0.364 e. The van der Waals surface area contributed by atoms with Gasteiger partial charge in [0.2, 0.25) is 0 Å². The average molecular weight is 375 g/mol. The fourth-order valence-corrected chi connectivity index (χ4v) is 2.90. The van der Waals surface area contributed by atoms with Crippen LogP contribution in [0.1, 0.15) is 20.8 Å². The van der Waals surface area contributed by atoms with Gasteiger partial charge in [-0.05, 0) is 19.2 Å². The molecule has 0 spiro atoms. The number of hydrogen-bond donors (Lipinski definition) is 2. The maximum Gasteiger partial charge on any atom is 0.271 e. The molecule has 9 heteroatoms. The van der Waals surface area contributed by atoms with E-state index in [4.69, 9.17) is 17.3 Å². The van der Waals surface area contributed by atoms with Gasteiger partial charge in [-0.1, -0.05) is 29.8 Å². The fourth-order valence-electron chi connectivity index (χ4n) is 2.65. The SMILES string of the molecule is CN1CCN(c2nc(NC(=O)c3ccccc3)c(C(N)=O)nc2Cl)CC1. The van der Waals surface area contributed by atoms with Gasteiger partial charge in [0, 0.05) is 31.7 Å². The Morgan fingerprint density at radius 2 is 1.77 bits per heavy atom. The number of nitrogens with two attached hydrogens (primary N) is 1. The van der Waals surface area contributed by atoms with Crippen molar-refractivity contribution in [1.29, 1.82) is 0 Å². The van der Waals surface area contributed by atoms with E-state index in [1.54, 1.807) is 30.3 Å². The van der Waals surface area contributed by atoms with Crippen LogP contribution in [0.2, 0.25) is 5.15 Å². The van der Waals surface area contributed by atoms with E-state index in [1.807, 2.05) is 11.9 Å². The van der Waals surface area contributed by atoms with E-state index in [2.05, 4.69) is 20.2 Å². The summed E-state index contributed by atoms with van der Waals surface area (Å²) in [5, 5.41) is 2.70. The van der Waals surface area contributed by atoms with Crippen LogP contribution >= 0.6 is 11.6 Å². The van der Waals surface area contributed by atoms with E-state index >= 15 is 0 Å². The predicted molar refractivity (Wildman–Crippen MR) is 99.7 cm³/mol. The highest BCUT2D eigenvalue weighted by atomic mass is 35.5. The molecule has 0 atom stereocenters. The summed E-state index contributed by atoms with van der Waals surface area (Å²) in [6.07, 6.45) is 0. The third-order valence-corrected chi connectivity index (χ3v) is 4.39. The quantitative estimate of drug-likeness (QED) is 0.834. The summed E-state index contributed by atoms with van der Waals surface area (Å²) >= 11 is 6.22. The fraction of sp³-hybridized carbons (Fsp3) is 0.294. The van der Waals surface area contributed by atoms with E-state index in [-0.39, 0.29) is 16.7 Å². The Bertz CT molecular complexity index is 822. The molecule has 1 saturated heterocycles. The van der Waals surface area contributed by atoms with Crippen molar-refractivity contribution < 1.29 is 9.59 Å². The van der Waals surface area contributed by atoms with Crippen LogP contribution in [0, 0.1) is 0 Å². The number of likely N-dealkylation sites (N-methyl/N-ethyl adjacent to an activating group) is 1. The maximum atomic E-state index is 12.4. The van der Waals surface area contributed by atoms with Gasteiger partial charge in [-0.2, -0.15) is 0 Å². The number of primary amides is 1. The topological polar surface area (TPSA) is 104 Å². The van der Waals surface area contributed by atoms with Crippen LogP contribution in [0.3, 0.4) is 0 Å². The van der Waals surface area contributed by atoms with Crippen LogP contribution in [0.5, 0.6) is 0 Å². The van der Waals surface area contributed by atoms with Crippen LogP contribution in [-0.4, -0.2) is 59.9 Å². The molecular formula is C17H19ClN6O2. The van der Waals surface area contributed by atoms with Crippen molar-refractivity contribution in [3.63, 3.8) is 0 Å². The summed E-state index contributed by atoms with van der Waals surface area (Å²) < 4.78 is 0. The van der Waals surface area contributed by atoms with Crippen LogP contribution in [0.15, 0.2) is 30.3 Å². The van der Waals surface area contributed by atoms with Crippen LogP contribution in [0.4, 0.5) is 11.6 Å². The first kappa shape index (κ1) is 18.1. The van der Waals surface area contributed by atoms with E-state index in [1.165, 1.54) is 0 Å². The number of carbonyl (C=O) groups is 2. The molecule has 0 saturated carbocycles. The van der Waals surface area contributed by atoms with Gasteiger partial charge < -0.3 is 20.9 Å².